The molecule has 156 valence electrons. The minimum atomic E-state index is -0.313. The van der Waals surface area contributed by atoms with Crippen molar-refractivity contribution >= 4 is 16.9 Å². The fourth-order valence-electron chi connectivity index (χ4n) is 3.31. The first-order chi connectivity index (χ1) is 15.1. The molecule has 31 heavy (non-hydrogen) atoms. The second-order valence-electron chi connectivity index (χ2n) is 7.14. The van der Waals surface area contributed by atoms with E-state index in [2.05, 4.69) is 15.3 Å². The summed E-state index contributed by atoms with van der Waals surface area (Å²) in [5.41, 5.74) is 2.72. The van der Waals surface area contributed by atoms with Crippen LogP contribution in [-0.2, 0) is 17.9 Å². The van der Waals surface area contributed by atoms with E-state index < -0.39 is 0 Å². The second-order valence-corrected chi connectivity index (χ2v) is 7.14. The molecule has 2 aromatic heterocycles. The summed E-state index contributed by atoms with van der Waals surface area (Å²) in [6.07, 6.45) is 2.96. The Balaban J connectivity index is 1.43. The van der Waals surface area contributed by atoms with Crippen molar-refractivity contribution in [2.75, 3.05) is 0 Å². The lowest BCUT2D eigenvalue weighted by atomic mass is 10.1. The van der Waals surface area contributed by atoms with Crippen LogP contribution in [0.2, 0.25) is 0 Å². The Kier molecular flexibility index (Phi) is 6.03. The number of aromatic nitrogens is 3. The first-order valence-electron chi connectivity index (χ1n) is 9.97. The van der Waals surface area contributed by atoms with Crippen LogP contribution in [0.25, 0.3) is 11.0 Å². The summed E-state index contributed by atoms with van der Waals surface area (Å²) in [6.45, 7) is 2.17. The van der Waals surface area contributed by atoms with Crippen molar-refractivity contribution < 1.29 is 9.53 Å². The average Bonchev–Trinajstić information content (AvgIpc) is 2.80. The van der Waals surface area contributed by atoms with Crippen LogP contribution in [-0.4, -0.2) is 20.4 Å². The standard InChI is InChI=1S/C24H22N4O3/c1-17(18-7-6-9-20(13-18)31-16-19-8-4-5-12-25-19)27-23(29)15-28-22-11-3-2-10-21(22)26-14-24(28)30/h2-14,17H,15-16H2,1H3,(H,27,29). The number of nitrogens with zero attached hydrogens (tertiary/aromatic N) is 3. The molecule has 7 nitrogen and oxygen atoms in total. The van der Waals surface area contributed by atoms with Gasteiger partial charge in [-0.1, -0.05) is 30.3 Å². The van der Waals surface area contributed by atoms with E-state index in [1.165, 1.54) is 10.8 Å². The Labute approximate surface area is 179 Å². The number of rotatable bonds is 7. The summed E-state index contributed by atoms with van der Waals surface area (Å²) in [4.78, 5) is 33.3. The SMILES string of the molecule is CC(NC(=O)Cn1c(=O)cnc2ccccc21)c1cccc(OCc2ccccn2)c1. The Morgan fingerprint density at radius 3 is 2.74 bits per heavy atom. The van der Waals surface area contributed by atoms with E-state index in [1.54, 1.807) is 12.3 Å². The fourth-order valence-corrected chi connectivity index (χ4v) is 3.31. The Hall–Kier alpha value is -4.00. The highest BCUT2D eigenvalue weighted by Crippen LogP contribution is 2.20. The number of pyridine rings is 1. The minimum absolute atomic E-state index is 0.0813. The number of nitrogens with one attached hydrogen (secondary N) is 1. The number of hydrogen-bond acceptors (Lipinski definition) is 5. The van der Waals surface area contributed by atoms with Gasteiger partial charge in [-0.2, -0.15) is 0 Å². The van der Waals surface area contributed by atoms with Crippen LogP contribution in [0.5, 0.6) is 5.75 Å². The third-order valence-electron chi connectivity index (χ3n) is 4.90. The van der Waals surface area contributed by atoms with E-state index in [1.807, 2.05) is 67.6 Å². The zero-order valence-corrected chi connectivity index (χ0v) is 17.1. The molecule has 0 aliphatic carbocycles. The molecule has 4 aromatic rings. The van der Waals surface area contributed by atoms with Crippen molar-refractivity contribution in [1.82, 2.24) is 19.9 Å². The average molecular weight is 414 g/mol. The van der Waals surface area contributed by atoms with Gasteiger partial charge in [0.2, 0.25) is 5.91 Å². The van der Waals surface area contributed by atoms with Gasteiger partial charge in [0.25, 0.3) is 5.56 Å². The number of benzene rings is 2. The molecule has 4 rings (SSSR count). The number of carbonyl (C=O) groups excluding carboxylic acids is 1. The molecule has 1 amide bonds. The number of para-hydroxylation sites is 2. The lowest BCUT2D eigenvalue weighted by Crippen LogP contribution is -2.34. The number of hydrogen-bond donors (Lipinski definition) is 1. The van der Waals surface area contributed by atoms with E-state index >= 15 is 0 Å². The fraction of sp³-hybridized carbons (Fsp3) is 0.167. The van der Waals surface area contributed by atoms with Crippen LogP contribution in [0.1, 0.15) is 24.2 Å². The van der Waals surface area contributed by atoms with Gasteiger partial charge in [-0.05, 0) is 48.9 Å². The summed E-state index contributed by atoms with van der Waals surface area (Å²) in [7, 11) is 0. The molecule has 0 aliphatic heterocycles. The highest BCUT2D eigenvalue weighted by Gasteiger charge is 2.13. The minimum Gasteiger partial charge on any atom is -0.487 e. The molecule has 0 bridgehead atoms. The van der Waals surface area contributed by atoms with Crippen LogP contribution >= 0.6 is 0 Å². The van der Waals surface area contributed by atoms with Gasteiger partial charge in [-0.3, -0.25) is 19.1 Å². The van der Waals surface area contributed by atoms with Crippen molar-refractivity contribution in [3.05, 3.63) is 101 Å². The molecular formula is C24H22N4O3. The van der Waals surface area contributed by atoms with E-state index in [0.717, 1.165) is 11.3 Å². The number of carbonyl (C=O) groups is 1. The number of fused-ring (bicyclic) bond motifs is 1. The molecule has 7 heteroatoms. The zero-order chi connectivity index (χ0) is 21.6. The largest absolute Gasteiger partial charge is 0.487 e. The predicted octanol–water partition coefficient (Wildman–Crippen LogP) is 3.25. The maximum absolute atomic E-state index is 12.7. The normalized spacial score (nSPS) is 11.8. The predicted molar refractivity (Wildman–Crippen MR) is 118 cm³/mol. The molecule has 0 aliphatic rings. The zero-order valence-electron chi connectivity index (χ0n) is 17.1. The lowest BCUT2D eigenvalue weighted by Gasteiger charge is -2.17. The Morgan fingerprint density at radius 2 is 1.90 bits per heavy atom. The topological polar surface area (TPSA) is 86.1 Å². The maximum Gasteiger partial charge on any atom is 0.269 e. The highest BCUT2D eigenvalue weighted by molar-refractivity contribution is 5.80. The van der Waals surface area contributed by atoms with E-state index in [0.29, 0.717) is 23.4 Å². The monoisotopic (exact) mass is 414 g/mol. The lowest BCUT2D eigenvalue weighted by molar-refractivity contribution is -0.122. The molecule has 0 saturated heterocycles. The van der Waals surface area contributed by atoms with Crippen LogP contribution in [0.3, 0.4) is 0 Å². The summed E-state index contributed by atoms with van der Waals surface area (Å²) in [5.74, 6) is 0.436. The smallest absolute Gasteiger partial charge is 0.269 e. The summed E-state index contributed by atoms with van der Waals surface area (Å²) < 4.78 is 7.25. The maximum atomic E-state index is 12.7. The van der Waals surface area contributed by atoms with Crippen molar-refractivity contribution in [3.8, 4) is 5.75 Å². The first kappa shape index (κ1) is 20.3. The molecule has 0 spiro atoms. The molecule has 0 fully saturated rings. The van der Waals surface area contributed by atoms with Crippen LogP contribution in [0.15, 0.2) is 83.9 Å². The van der Waals surface area contributed by atoms with E-state index in [9.17, 15) is 9.59 Å². The van der Waals surface area contributed by atoms with Gasteiger partial charge < -0.3 is 10.1 Å². The van der Waals surface area contributed by atoms with Crippen LogP contribution < -0.4 is 15.6 Å². The van der Waals surface area contributed by atoms with Crippen LogP contribution in [0, 0.1) is 0 Å². The molecule has 2 aromatic carbocycles. The van der Waals surface area contributed by atoms with E-state index in [4.69, 9.17) is 4.74 Å². The van der Waals surface area contributed by atoms with Gasteiger partial charge in [-0.15, -0.1) is 0 Å². The van der Waals surface area contributed by atoms with Crippen molar-refractivity contribution in [1.29, 1.82) is 0 Å². The first-order valence-corrected chi connectivity index (χ1v) is 9.97. The summed E-state index contributed by atoms with van der Waals surface area (Å²) >= 11 is 0. The van der Waals surface area contributed by atoms with Crippen molar-refractivity contribution in [2.45, 2.75) is 26.1 Å². The van der Waals surface area contributed by atoms with Gasteiger partial charge in [-0.25, -0.2) is 4.98 Å². The Morgan fingerprint density at radius 1 is 1.06 bits per heavy atom. The molecule has 0 radical (unpaired) electrons. The van der Waals surface area contributed by atoms with Crippen LogP contribution in [0.4, 0.5) is 0 Å². The third kappa shape index (κ3) is 4.95. The van der Waals surface area contributed by atoms with Crippen molar-refractivity contribution in [3.63, 3.8) is 0 Å². The second kappa shape index (κ2) is 9.21. The van der Waals surface area contributed by atoms with Gasteiger partial charge in [0, 0.05) is 6.20 Å². The van der Waals surface area contributed by atoms with Crippen molar-refractivity contribution in [2.24, 2.45) is 0 Å². The third-order valence-corrected chi connectivity index (χ3v) is 4.90. The molecule has 2 heterocycles. The summed E-state index contributed by atoms with van der Waals surface area (Å²) in [5, 5.41) is 2.95. The van der Waals surface area contributed by atoms with Gasteiger partial charge in [0.1, 0.15) is 18.9 Å². The highest BCUT2D eigenvalue weighted by atomic mass is 16.5. The molecular weight excluding hydrogens is 392 g/mol. The van der Waals surface area contributed by atoms with Gasteiger partial charge in [0.15, 0.2) is 0 Å². The van der Waals surface area contributed by atoms with E-state index in [-0.39, 0.29) is 24.1 Å². The van der Waals surface area contributed by atoms with Gasteiger partial charge >= 0.3 is 0 Å². The number of ether oxygens (including phenoxy) is 1. The Bertz CT molecular complexity index is 1250. The molecule has 1 unspecified atom stereocenters. The molecule has 0 saturated carbocycles. The quantitative estimate of drug-likeness (QED) is 0.502. The molecule has 1 N–H and O–H groups in total. The summed E-state index contributed by atoms with van der Waals surface area (Å²) in [6, 6.07) is 20.2. The van der Waals surface area contributed by atoms with Gasteiger partial charge in [0.05, 0.1) is 29.0 Å². The number of amides is 1. The molecule has 1 atom stereocenters.